The number of nitrogens with two attached hydrogens (primary N) is 1. The normalized spacial score (nSPS) is 18.3. The third-order valence-corrected chi connectivity index (χ3v) is 11.2. The minimum absolute atomic E-state index is 0.0373. The van der Waals surface area contributed by atoms with Gasteiger partial charge in [0, 0.05) is 43.6 Å². The van der Waals surface area contributed by atoms with Crippen LogP contribution in [0.2, 0.25) is 0 Å². The molecule has 3 aromatic carbocycles. The fraction of sp³-hybridized carbons (Fsp3) is 0.372. The first kappa shape index (κ1) is 36.8. The predicted octanol–water partition coefficient (Wildman–Crippen LogP) is 6.38. The number of hydrogen-bond donors (Lipinski definition) is 2. The second kappa shape index (κ2) is 16.3. The van der Waals surface area contributed by atoms with Crippen LogP contribution in [0.15, 0.2) is 79.1 Å². The number of rotatable bonds is 13. The average molecular weight is 755 g/mol. The van der Waals surface area contributed by atoms with Crippen molar-refractivity contribution >= 4 is 40.5 Å². The van der Waals surface area contributed by atoms with Gasteiger partial charge in [-0.25, -0.2) is 14.6 Å². The molecular weight excluding hydrogens is 709 g/mol. The maximum atomic E-state index is 13.4. The van der Waals surface area contributed by atoms with Crippen LogP contribution in [0.4, 0.5) is 5.82 Å². The first-order valence-corrected chi connectivity index (χ1v) is 19.7. The lowest BCUT2D eigenvalue weighted by Gasteiger charge is -2.33. The van der Waals surface area contributed by atoms with Gasteiger partial charge in [-0.2, -0.15) is 5.10 Å². The Kier molecular flexibility index (Phi) is 10.7. The van der Waals surface area contributed by atoms with E-state index in [4.69, 9.17) is 15.6 Å². The van der Waals surface area contributed by atoms with Crippen molar-refractivity contribution in [3.63, 3.8) is 0 Å². The molecule has 288 valence electrons. The number of likely N-dealkylation sites (tertiary alicyclic amines) is 1. The second-order valence-electron chi connectivity index (χ2n) is 14.9. The summed E-state index contributed by atoms with van der Waals surface area (Å²) in [6.45, 7) is 1.69. The van der Waals surface area contributed by atoms with Gasteiger partial charge in [0.2, 0.25) is 17.7 Å². The van der Waals surface area contributed by atoms with Crippen LogP contribution in [0.5, 0.6) is 11.5 Å². The van der Waals surface area contributed by atoms with Crippen molar-refractivity contribution in [2.45, 2.75) is 89.3 Å². The number of fused-ring (bicyclic) bond motifs is 2. The molecule has 2 atom stereocenters. The van der Waals surface area contributed by atoms with Crippen LogP contribution >= 0.6 is 0 Å². The van der Waals surface area contributed by atoms with Gasteiger partial charge in [0.05, 0.1) is 11.4 Å². The van der Waals surface area contributed by atoms with Gasteiger partial charge in [0.1, 0.15) is 35.4 Å². The number of benzene rings is 3. The number of ether oxygens (including phenoxy) is 1. The van der Waals surface area contributed by atoms with Crippen LogP contribution in [0.3, 0.4) is 0 Å². The lowest BCUT2D eigenvalue weighted by Crippen LogP contribution is -2.52. The van der Waals surface area contributed by atoms with E-state index >= 15 is 0 Å². The first-order chi connectivity index (χ1) is 27.3. The lowest BCUT2D eigenvalue weighted by molar-refractivity contribution is -0.137. The van der Waals surface area contributed by atoms with Gasteiger partial charge in [-0.3, -0.25) is 24.5 Å². The number of imide groups is 1. The van der Waals surface area contributed by atoms with Gasteiger partial charge in [0.25, 0.3) is 5.91 Å². The second-order valence-corrected chi connectivity index (χ2v) is 14.9. The van der Waals surface area contributed by atoms with Crippen molar-refractivity contribution in [3.05, 3.63) is 95.8 Å². The zero-order valence-electron chi connectivity index (χ0n) is 31.4. The van der Waals surface area contributed by atoms with Crippen molar-refractivity contribution in [2.75, 3.05) is 18.8 Å². The van der Waals surface area contributed by atoms with Crippen LogP contribution in [-0.4, -0.2) is 72.3 Å². The highest BCUT2D eigenvalue weighted by Gasteiger charge is 2.39. The Morgan fingerprint density at radius 2 is 1.66 bits per heavy atom. The van der Waals surface area contributed by atoms with Crippen LogP contribution in [-0.2, 0) is 27.3 Å². The molecule has 13 heteroatoms. The van der Waals surface area contributed by atoms with Crippen LogP contribution in [0.25, 0.3) is 22.3 Å². The highest BCUT2D eigenvalue weighted by Crippen LogP contribution is 2.35. The fourth-order valence-corrected chi connectivity index (χ4v) is 8.30. The molecule has 2 unspecified atom stereocenters. The van der Waals surface area contributed by atoms with Crippen LogP contribution in [0.1, 0.15) is 91.7 Å². The standard InChI is InChI=1S/C43H46N8O5/c44-40-38-39(29-18-20-32(21-19-29)56-31-14-6-4-7-15-31)48-51(41(38)46-27-45-40)30-13-10-24-49(25-30)37(53)17-8-3-1-2-5-11-28-12-9-16-33-34(28)26-50(43(33)55)35-22-23-36(52)47-42(35)54/h4,6-7,9,12,14-16,18-21,27,30,35H,1-3,5,8,10-11,13,17,22-26H2,(H2,44,45,46)(H,47,52,54). The Hall–Kier alpha value is -6.11. The first-order valence-electron chi connectivity index (χ1n) is 19.7. The van der Waals surface area contributed by atoms with E-state index in [0.29, 0.717) is 59.8 Å². The van der Waals surface area contributed by atoms with E-state index in [-0.39, 0.29) is 30.2 Å². The molecule has 4 amide bonds. The highest BCUT2D eigenvalue weighted by atomic mass is 16.5. The Bertz CT molecular complexity index is 2260. The quantitative estimate of drug-likeness (QED) is 0.103. The van der Waals surface area contributed by atoms with Crippen LogP contribution in [0, 0.1) is 0 Å². The maximum absolute atomic E-state index is 13.4. The third-order valence-electron chi connectivity index (χ3n) is 11.2. The highest BCUT2D eigenvalue weighted by molar-refractivity contribution is 6.05. The summed E-state index contributed by atoms with van der Waals surface area (Å²) in [7, 11) is 0. The number of aryl methyl sites for hydroxylation is 1. The largest absolute Gasteiger partial charge is 0.457 e. The molecule has 56 heavy (non-hydrogen) atoms. The number of piperidine rings is 2. The Labute approximate surface area is 325 Å². The topological polar surface area (TPSA) is 166 Å². The minimum Gasteiger partial charge on any atom is -0.457 e. The molecular formula is C43H46N8O5. The van der Waals surface area contributed by atoms with Crippen molar-refractivity contribution in [1.29, 1.82) is 0 Å². The van der Waals surface area contributed by atoms with Gasteiger partial charge in [0.15, 0.2) is 5.65 Å². The third kappa shape index (κ3) is 7.71. The van der Waals surface area contributed by atoms with Crippen molar-refractivity contribution in [1.82, 2.24) is 34.9 Å². The molecule has 0 aliphatic carbocycles. The predicted molar refractivity (Wildman–Crippen MR) is 210 cm³/mol. The van der Waals surface area contributed by atoms with E-state index < -0.39 is 11.9 Å². The van der Waals surface area contributed by atoms with Crippen molar-refractivity contribution in [3.8, 4) is 22.8 Å². The number of para-hydroxylation sites is 1. The number of nitrogens with one attached hydrogen (secondary N) is 1. The molecule has 3 aliphatic heterocycles. The molecule has 0 saturated carbocycles. The number of carbonyl (C=O) groups excluding carboxylic acids is 4. The smallest absolute Gasteiger partial charge is 0.255 e. The van der Waals surface area contributed by atoms with Gasteiger partial charge in [-0.1, -0.05) is 49.6 Å². The Balaban J connectivity index is 0.822. The molecule has 2 aromatic heterocycles. The monoisotopic (exact) mass is 754 g/mol. The molecule has 0 bridgehead atoms. The number of amides is 4. The maximum Gasteiger partial charge on any atom is 0.255 e. The summed E-state index contributed by atoms with van der Waals surface area (Å²) in [4.78, 5) is 63.1. The van der Waals surface area contributed by atoms with Gasteiger partial charge >= 0.3 is 0 Å². The molecule has 2 saturated heterocycles. The van der Waals surface area contributed by atoms with Crippen molar-refractivity contribution < 1.29 is 23.9 Å². The number of unbranched alkanes of at least 4 members (excludes halogenated alkanes) is 4. The molecule has 3 N–H and O–H groups in total. The SMILES string of the molecule is Nc1ncnc2c1c(-c1ccc(Oc3ccccc3)cc1)nn2C1CCCN(C(=O)CCCCCCCc2cccc3c2CN(C2CCC(=O)NC2=O)C3=O)C1. The Morgan fingerprint density at radius 3 is 2.48 bits per heavy atom. The van der Waals surface area contributed by atoms with Crippen LogP contribution < -0.4 is 15.8 Å². The number of nitrogens with zero attached hydrogens (tertiary/aromatic N) is 6. The summed E-state index contributed by atoms with van der Waals surface area (Å²) in [6.07, 6.45) is 10.00. The molecule has 3 aliphatic rings. The van der Waals surface area contributed by atoms with Gasteiger partial charge in [-0.15, -0.1) is 0 Å². The van der Waals surface area contributed by atoms with E-state index in [1.165, 1.54) is 6.33 Å². The Morgan fingerprint density at radius 1 is 0.875 bits per heavy atom. The molecule has 13 nitrogen and oxygen atoms in total. The molecule has 8 rings (SSSR count). The number of carbonyl (C=O) groups is 4. The summed E-state index contributed by atoms with van der Waals surface area (Å²) in [5.41, 5.74) is 11.4. The van der Waals surface area contributed by atoms with E-state index in [1.54, 1.807) is 4.90 Å². The van der Waals surface area contributed by atoms with Crippen molar-refractivity contribution in [2.24, 2.45) is 0 Å². The molecule has 5 heterocycles. The molecule has 0 spiro atoms. The summed E-state index contributed by atoms with van der Waals surface area (Å²) >= 11 is 0. The van der Waals surface area contributed by atoms with Gasteiger partial charge in [-0.05, 0) is 92.1 Å². The zero-order valence-corrected chi connectivity index (χ0v) is 31.4. The van der Waals surface area contributed by atoms with E-state index in [9.17, 15) is 19.2 Å². The minimum atomic E-state index is -0.609. The number of nitrogen functional groups attached to an aromatic ring is 1. The average Bonchev–Trinajstić information content (AvgIpc) is 3.77. The fourth-order valence-electron chi connectivity index (χ4n) is 8.30. The summed E-state index contributed by atoms with van der Waals surface area (Å²) in [5, 5.41) is 8.11. The lowest BCUT2D eigenvalue weighted by atomic mass is 9.98. The van der Waals surface area contributed by atoms with E-state index in [0.717, 1.165) is 80.4 Å². The number of aromatic nitrogens is 4. The summed E-state index contributed by atoms with van der Waals surface area (Å²) < 4.78 is 7.92. The van der Waals surface area contributed by atoms with E-state index in [1.807, 2.05) is 76.3 Å². The molecule has 0 radical (unpaired) electrons. The summed E-state index contributed by atoms with van der Waals surface area (Å²) in [5.74, 6) is 1.19. The number of anilines is 1. The summed E-state index contributed by atoms with van der Waals surface area (Å²) in [6, 6.07) is 22.5. The molecule has 2 fully saturated rings. The van der Waals surface area contributed by atoms with Gasteiger partial charge < -0.3 is 20.3 Å². The molecule has 5 aromatic rings. The van der Waals surface area contributed by atoms with E-state index in [2.05, 4.69) is 21.4 Å². The zero-order chi connectivity index (χ0) is 38.6. The number of hydrogen-bond acceptors (Lipinski definition) is 9.